The van der Waals surface area contributed by atoms with Gasteiger partial charge in [0.05, 0.1) is 18.0 Å². The van der Waals surface area contributed by atoms with Crippen LogP contribution in [-0.2, 0) is 4.74 Å². The van der Waals surface area contributed by atoms with Crippen LogP contribution in [0.4, 0.5) is 5.69 Å². The van der Waals surface area contributed by atoms with E-state index >= 15 is 0 Å². The summed E-state index contributed by atoms with van der Waals surface area (Å²) in [6.07, 6.45) is 0. The number of nitrogen functional groups attached to an aromatic ring is 1. The van der Waals surface area contributed by atoms with Crippen molar-refractivity contribution in [3.05, 3.63) is 11.4 Å². The van der Waals surface area contributed by atoms with Crippen molar-refractivity contribution in [2.45, 2.75) is 19.8 Å². The van der Waals surface area contributed by atoms with E-state index in [2.05, 4.69) is 15.5 Å². The minimum Gasteiger partial charge on any atom is -0.395 e. The van der Waals surface area contributed by atoms with Crippen LogP contribution in [0.5, 0.6) is 0 Å². The van der Waals surface area contributed by atoms with Gasteiger partial charge in [0.2, 0.25) is 0 Å². The summed E-state index contributed by atoms with van der Waals surface area (Å²) in [5.74, 6) is -0.0641. The molecule has 6 heteroatoms. The summed E-state index contributed by atoms with van der Waals surface area (Å²) in [4.78, 5) is 11.6. The number of H-pyrrole nitrogens is 1. The van der Waals surface area contributed by atoms with Gasteiger partial charge < -0.3 is 15.8 Å². The zero-order chi connectivity index (χ0) is 12.1. The lowest BCUT2D eigenvalue weighted by Crippen LogP contribution is -2.27. The normalized spacial score (nSPS) is 10.8. The molecule has 0 saturated carbocycles. The quantitative estimate of drug-likeness (QED) is 0.637. The Bertz CT molecular complexity index is 360. The molecular weight excluding hydrogens is 208 g/mol. The molecule has 0 spiro atoms. The Kier molecular flexibility index (Phi) is 4.30. The van der Waals surface area contributed by atoms with Gasteiger partial charge in [-0.1, -0.05) is 13.8 Å². The van der Waals surface area contributed by atoms with E-state index in [1.54, 1.807) is 7.11 Å². The van der Waals surface area contributed by atoms with Gasteiger partial charge in [0.25, 0.3) is 5.91 Å². The van der Waals surface area contributed by atoms with Gasteiger partial charge in [0.15, 0.2) is 5.69 Å². The van der Waals surface area contributed by atoms with Crippen LogP contribution in [0.25, 0.3) is 0 Å². The second kappa shape index (κ2) is 5.50. The molecule has 1 amide bonds. The van der Waals surface area contributed by atoms with Gasteiger partial charge >= 0.3 is 0 Å². The van der Waals surface area contributed by atoms with Gasteiger partial charge in [0, 0.05) is 13.7 Å². The number of rotatable bonds is 5. The molecule has 4 N–H and O–H groups in total. The Morgan fingerprint density at radius 3 is 2.81 bits per heavy atom. The molecule has 0 saturated heterocycles. The van der Waals surface area contributed by atoms with E-state index < -0.39 is 0 Å². The fourth-order valence-corrected chi connectivity index (χ4v) is 1.33. The SMILES string of the molecule is COCCNC(=O)c1n[nH]c(C(C)C)c1N. The highest BCUT2D eigenvalue weighted by molar-refractivity contribution is 5.97. The van der Waals surface area contributed by atoms with Crippen molar-refractivity contribution >= 4 is 11.6 Å². The van der Waals surface area contributed by atoms with E-state index in [9.17, 15) is 4.79 Å². The summed E-state index contributed by atoms with van der Waals surface area (Å²) in [5.41, 5.74) is 7.28. The highest BCUT2D eigenvalue weighted by atomic mass is 16.5. The minimum atomic E-state index is -0.280. The number of nitrogens with two attached hydrogens (primary N) is 1. The van der Waals surface area contributed by atoms with Gasteiger partial charge in [-0.2, -0.15) is 5.10 Å². The van der Waals surface area contributed by atoms with Crippen LogP contribution < -0.4 is 11.1 Å². The van der Waals surface area contributed by atoms with Crippen molar-refractivity contribution in [1.29, 1.82) is 0 Å². The molecule has 0 bridgehead atoms. The fourth-order valence-electron chi connectivity index (χ4n) is 1.33. The smallest absolute Gasteiger partial charge is 0.274 e. The van der Waals surface area contributed by atoms with Crippen LogP contribution in [0.1, 0.15) is 35.9 Å². The first-order valence-corrected chi connectivity index (χ1v) is 5.18. The summed E-state index contributed by atoms with van der Waals surface area (Å²) in [6, 6.07) is 0. The monoisotopic (exact) mass is 226 g/mol. The average Bonchev–Trinajstić information content (AvgIpc) is 2.60. The van der Waals surface area contributed by atoms with E-state index in [4.69, 9.17) is 10.5 Å². The Labute approximate surface area is 94.5 Å². The summed E-state index contributed by atoms with van der Waals surface area (Å²) < 4.78 is 4.83. The molecule has 0 unspecified atom stereocenters. The number of nitrogens with zero attached hydrogens (tertiary/aromatic N) is 1. The van der Waals surface area contributed by atoms with E-state index in [1.807, 2.05) is 13.8 Å². The molecule has 1 rings (SSSR count). The highest BCUT2D eigenvalue weighted by Crippen LogP contribution is 2.21. The summed E-state index contributed by atoms with van der Waals surface area (Å²) in [5, 5.41) is 9.36. The molecule has 0 aliphatic heterocycles. The van der Waals surface area contributed by atoms with Gasteiger partial charge in [-0.05, 0) is 5.92 Å². The highest BCUT2D eigenvalue weighted by Gasteiger charge is 2.18. The largest absolute Gasteiger partial charge is 0.395 e. The average molecular weight is 226 g/mol. The molecule has 0 radical (unpaired) electrons. The van der Waals surface area contributed by atoms with Crippen LogP contribution in [0.3, 0.4) is 0 Å². The van der Waals surface area contributed by atoms with Gasteiger partial charge in [-0.25, -0.2) is 0 Å². The van der Waals surface area contributed by atoms with Crippen LogP contribution in [0.15, 0.2) is 0 Å². The van der Waals surface area contributed by atoms with Crippen molar-refractivity contribution in [3.63, 3.8) is 0 Å². The number of anilines is 1. The molecule has 1 heterocycles. The van der Waals surface area contributed by atoms with Crippen LogP contribution in [-0.4, -0.2) is 36.4 Å². The summed E-state index contributed by atoms with van der Waals surface area (Å²) >= 11 is 0. The lowest BCUT2D eigenvalue weighted by atomic mass is 10.1. The van der Waals surface area contributed by atoms with Crippen molar-refractivity contribution in [3.8, 4) is 0 Å². The van der Waals surface area contributed by atoms with Gasteiger partial charge in [-0.3, -0.25) is 9.89 Å². The zero-order valence-electron chi connectivity index (χ0n) is 9.83. The van der Waals surface area contributed by atoms with E-state index in [0.717, 1.165) is 5.69 Å². The van der Waals surface area contributed by atoms with Crippen molar-refractivity contribution in [2.75, 3.05) is 26.0 Å². The third-order valence-corrected chi connectivity index (χ3v) is 2.22. The molecular formula is C10H18N4O2. The number of methoxy groups -OCH3 is 1. The third kappa shape index (κ3) is 2.73. The number of amides is 1. The molecule has 0 fully saturated rings. The number of nitrogens with one attached hydrogen (secondary N) is 2. The van der Waals surface area contributed by atoms with Crippen LogP contribution >= 0.6 is 0 Å². The molecule has 0 aliphatic carbocycles. The predicted octanol–water partition coefficient (Wildman–Crippen LogP) is 0.491. The molecule has 90 valence electrons. The van der Waals surface area contributed by atoms with Crippen molar-refractivity contribution < 1.29 is 9.53 Å². The number of aromatic nitrogens is 2. The summed E-state index contributed by atoms with van der Waals surface area (Å²) in [7, 11) is 1.58. The standard InChI is InChI=1S/C10H18N4O2/c1-6(2)8-7(11)9(14-13-8)10(15)12-4-5-16-3/h6H,4-5,11H2,1-3H3,(H,12,15)(H,13,14). The number of carbonyl (C=O) groups is 1. The number of hydrogen-bond acceptors (Lipinski definition) is 4. The number of aromatic amines is 1. The van der Waals surface area contributed by atoms with Crippen LogP contribution in [0.2, 0.25) is 0 Å². The van der Waals surface area contributed by atoms with E-state index in [0.29, 0.717) is 18.8 Å². The first-order chi connectivity index (χ1) is 7.57. The minimum absolute atomic E-state index is 0.216. The predicted molar refractivity (Wildman–Crippen MR) is 61.3 cm³/mol. The number of ether oxygens (including phenoxy) is 1. The van der Waals surface area contributed by atoms with E-state index in [1.165, 1.54) is 0 Å². The maximum absolute atomic E-state index is 11.6. The summed E-state index contributed by atoms with van der Waals surface area (Å²) in [6.45, 7) is 4.87. The lowest BCUT2D eigenvalue weighted by Gasteiger charge is -2.04. The van der Waals surface area contributed by atoms with Crippen molar-refractivity contribution in [2.24, 2.45) is 0 Å². The second-order valence-electron chi connectivity index (χ2n) is 3.80. The molecule has 16 heavy (non-hydrogen) atoms. The first-order valence-electron chi connectivity index (χ1n) is 5.18. The Morgan fingerprint density at radius 1 is 1.62 bits per heavy atom. The second-order valence-corrected chi connectivity index (χ2v) is 3.80. The molecule has 6 nitrogen and oxygen atoms in total. The molecule has 0 atom stereocenters. The Hall–Kier alpha value is -1.56. The molecule has 1 aromatic rings. The Balaban J connectivity index is 2.69. The fraction of sp³-hybridized carbons (Fsp3) is 0.600. The first kappa shape index (κ1) is 12.5. The maximum atomic E-state index is 11.6. The lowest BCUT2D eigenvalue weighted by molar-refractivity contribution is 0.0933. The molecule has 0 aliphatic rings. The Morgan fingerprint density at radius 2 is 2.31 bits per heavy atom. The van der Waals surface area contributed by atoms with Crippen molar-refractivity contribution in [1.82, 2.24) is 15.5 Å². The number of hydrogen-bond donors (Lipinski definition) is 3. The van der Waals surface area contributed by atoms with Gasteiger partial charge in [0.1, 0.15) is 0 Å². The number of carbonyl (C=O) groups excluding carboxylic acids is 1. The topological polar surface area (TPSA) is 93.0 Å². The molecule has 0 aromatic carbocycles. The van der Waals surface area contributed by atoms with E-state index in [-0.39, 0.29) is 17.5 Å². The van der Waals surface area contributed by atoms with Crippen LogP contribution in [0, 0.1) is 0 Å². The molecule has 1 aromatic heterocycles. The maximum Gasteiger partial charge on any atom is 0.274 e. The zero-order valence-corrected chi connectivity index (χ0v) is 9.83. The third-order valence-electron chi connectivity index (χ3n) is 2.22. The van der Waals surface area contributed by atoms with Gasteiger partial charge in [-0.15, -0.1) is 0 Å².